The van der Waals surface area contributed by atoms with Crippen LogP contribution in [0.5, 0.6) is 0 Å². The van der Waals surface area contributed by atoms with Gasteiger partial charge in [0.2, 0.25) is 0 Å². The third-order valence-electron chi connectivity index (χ3n) is 2.65. The lowest BCUT2D eigenvalue weighted by atomic mass is 10.3. The first-order valence-corrected chi connectivity index (χ1v) is 4.88. The monoisotopic (exact) mass is 193 g/mol. The maximum absolute atomic E-state index is 10.8. The standard InChI is InChI=1S/C10H15N3O/c1-11-6-8-12(9-7-11)10-2-4-13(14)5-3-10/h2-5H,6-9H2,1H3. The van der Waals surface area contributed by atoms with Gasteiger partial charge in [0.1, 0.15) is 0 Å². The summed E-state index contributed by atoms with van der Waals surface area (Å²) < 4.78 is 0.819. The summed E-state index contributed by atoms with van der Waals surface area (Å²) in [6, 6.07) is 3.75. The summed E-state index contributed by atoms with van der Waals surface area (Å²) in [4.78, 5) is 4.62. The average molecular weight is 193 g/mol. The number of nitrogens with zero attached hydrogens (tertiary/aromatic N) is 3. The molecule has 4 nitrogen and oxygen atoms in total. The molecule has 4 heteroatoms. The number of pyridine rings is 1. The van der Waals surface area contributed by atoms with Crippen molar-refractivity contribution in [2.45, 2.75) is 0 Å². The topological polar surface area (TPSA) is 33.4 Å². The first-order valence-electron chi connectivity index (χ1n) is 4.88. The zero-order valence-corrected chi connectivity index (χ0v) is 8.39. The lowest BCUT2D eigenvalue weighted by Crippen LogP contribution is -2.44. The molecular weight excluding hydrogens is 178 g/mol. The molecule has 76 valence electrons. The van der Waals surface area contributed by atoms with Gasteiger partial charge in [0.25, 0.3) is 0 Å². The van der Waals surface area contributed by atoms with E-state index in [9.17, 15) is 5.21 Å². The second-order valence-electron chi connectivity index (χ2n) is 3.71. The summed E-state index contributed by atoms with van der Waals surface area (Å²) in [5, 5.41) is 10.8. The molecule has 1 saturated heterocycles. The molecular formula is C10H15N3O. The Morgan fingerprint density at radius 2 is 1.71 bits per heavy atom. The van der Waals surface area contributed by atoms with Crippen LogP contribution in [-0.4, -0.2) is 38.1 Å². The summed E-state index contributed by atoms with van der Waals surface area (Å²) in [6.45, 7) is 4.26. The Bertz CT molecular complexity index is 291. The van der Waals surface area contributed by atoms with Crippen molar-refractivity contribution in [3.63, 3.8) is 0 Å². The molecule has 0 N–H and O–H groups in total. The highest BCUT2D eigenvalue weighted by Gasteiger charge is 2.14. The van der Waals surface area contributed by atoms with Crippen molar-refractivity contribution in [2.24, 2.45) is 0 Å². The fraction of sp³-hybridized carbons (Fsp3) is 0.500. The minimum atomic E-state index is 0.819. The van der Waals surface area contributed by atoms with E-state index in [1.54, 1.807) is 12.4 Å². The smallest absolute Gasteiger partial charge is 0.182 e. The number of aromatic nitrogens is 1. The second-order valence-corrected chi connectivity index (χ2v) is 3.71. The van der Waals surface area contributed by atoms with Crippen molar-refractivity contribution < 1.29 is 4.73 Å². The summed E-state index contributed by atoms with van der Waals surface area (Å²) in [5.41, 5.74) is 1.14. The molecule has 0 spiro atoms. The van der Waals surface area contributed by atoms with E-state index in [4.69, 9.17) is 0 Å². The van der Waals surface area contributed by atoms with Crippen molar-refractivity contribution in [2.75, 3.05) is 38.1 Å². The highest BCUT2D eigenvalue weighted by atomic mass is 16.5. The zero-order chi connectivity index (χ0) is 9.97. The van der Waals surface area contributed by atoms with Gasteiger partial charge < -0.3 is 15.0 Å². The Balaban J connectivity index is 2.05. The van der Waals surface area contributed by atoms with Crippen LogP contribution in [0.3, 0.4) is 0 Å². The molecule has 0 unspecified atom stereocenters. The predicted molar refractivity (Wildman–Crippen MR) is 55.1 cm³/mol. The molecule has 2 rings (SSSR count). The molecule has 1 aliphatic heterocycles. The highest BCUT2D eigenvalue weighted by Crippen LogP contribution is 2.13. The number of hydrogen-bond donors (Lipinski definition) is 0. The molecule has 1 fully saturated rings. The van der Waals surface area contributed by atoms with Crippen LogP contribution >= 0.6 is 0 Å². The average Bonchev–Trinajstić information content (AvgIpc) is 2.21. The van der Waals surface area contributed by atoms with Gasteiger partial charge in [-0.25, -0.2) is 0 Å². The van der Waals surface area contributed by atoms with Gasteiger partial charge in [-0.2, -0.15) is 4.73 Å². The Morgan fingerprint density at radius 3 is 2.29 bits per heavy atom. The van der Waals surface area contributed by atoms with Gasteiger partial charge in [-0.15, -0.1) is 0 Å². The van der Waals surface area contributed by atoms with E-state index >= 15 is 0 Å². The van der Waals surface area contributed by atoms with Gasteiger partial charge in [-0.05, 0) is 7.05 Å². The molecule has 2 heterocycles. The number of likely N-dealkylation sites (N-methyl/N-ethyl adjacent to an activating group) is 1. The Morgan fingerprint density at radius 1 is 1.14 bits per heavy atom. The molecule has 0 amide bonds. The van der Waals surface area contributed by atoms with Crippen molar-refractivity contribution in [1.82, 2.24) is 4.90 Å². The predicted octanol–water partition coefficient (Wildman–Crippen LogP) is 0.0718. The first-order chi connectivity index (χ1) is 6.75. The van der Waals surface area contributed by atoms with Crippen LogP contribution in [0.4, 0.5) is 5.69 Å². The van der Waals surface area contributed by atoms with E-state index in [1.807, 2.05) is 12.1 Å². The minimum absolute atomic E-state index is 0.819. The molecule has 14 heavy (non-hydrogen) atoms. The van der Waals surface area contributed by atoms with Crippen molar-refractivity contribution >= 4 is 5.69 Å². The Kier molecular flexibility index (Phi) is 2.54. The van der Waals surface area contributed by atoms with Gasteiger partial charge in [0.15, 0.2) is 12.4 Å². The maximum Gasteiger partial charge on any atom is 0.182 e. The zero-order valence-electron chi connectivity index (χ0n) is 8.39. The number of anilines is 1. The molecule has 1 aromatic heterocycles. The van der Waals surface area contributed by atoms with Crippen molar-refractivity contribution in [3.05, 3.63) is 29.7 Å². The number of rotatable bonds is 1. The number of hydrogen-bond acceptors (Lipinski definition) is 3. The van der Waals surface area contributed by atoms with Crippen LogP contribution in [0, 0.1) is 5.21 Å². The van der Waals surface area contributed by atoms with Crippen LogP contribution in [0.15, 0.2) is 24.5 Å². The molecule has 0 aliphatic carbocycles. The van der Waals surface area contributed by atoms with Crippen LogP contribution in [0.25, 0.3) is 0 Å². The molecule has 0 atom stereocenters. The Labute approximate surface area is 83.9 Å². The van der Waals surface area contributed by atoms with E-state index < -0.39 is 0 Å². The van der Waals surface area contributed by atoms with Crippen molar-refractivity contribution in [1.29, 1.82) is 0 Å². The minimum Gasteiger partial charge on any atom is -0.619 e. The van der Waals surface area contributed by atoms with Crippen LogP contribution in [0.1, 0.15) is 0 Å². The quantitative estimate of drug-likeness (QED) is 0.467. The first kappa shape index (κ1) is 9.27. The lowest BCUT2D eigenvalue weighted by molar-refractivity contribution is -0.605. The van der Waals surface area contributed by atoms with E-state index in [-0.39, 0.29) is 0 Å². The fourth-order valence-corrected chi connectivity index (χ4v) is 1.68. The lowest BCUT2D eigenvalue weighted by Gasteiger charge is -2.33. The van der Waals surface area contributed by atoms with E-state index in [0.29, 0.717) is 0 Å². The Hall–Kier alpha value is -1.29. The summed E-state index contributed by atoms with van der Waals surface area (Å²) in [5.74, 6) is 0. The van der Waals surface area contributed by atoms with Gasteiger partial charge >= 0.3 is 0 Å². The molecule has 1 aromatic rings. The fourth-order valence-electron chi connectivity index (χ4n) is 1.68. The van der Waals surface area contributed by atoms with Crippen LogP contribution in [-0.2, 0) is 0 Å². The summed E-state index contributed by atoms with van der Waals surface area (Å²) in [7, 11) is 2.13. The van der Waals surface area contributed by atoms with Gasteiger partial charge in [-0.3, -0.25) is 0 Å². The second kappa shape index (κ2) is 3.84. The van der Waals surface area contributed by atoms with Crippen LogP contribution in [0.2, 0.25) is 0 Å². The molecule has 0 aromatic carbocycles. The SMILES string of the molecule is CN1CCN(c2cc[n+]([O-])cc2)CC1. The molecule has 0 saturated carbocycles. The largest absolute Gasteiger partial charge is 0.619 e. The highest BCUT2D eigenvalue weighted by molar-refractivity contribution is 5.44. The van der Waals surface area contributed by atoms with Gasteiger partial charge in [-0.1, -0.05) is 0 Å². The molecule has 0 bridgehead atoms. The van der Waals surface area contributed by atoms with E-state index in [2.05, 4.69) is 16.8 Å². The normalized spacial score (nSPS) is 18.5. The van der Waals surface area contributed by atoms with E-state index in [0.717, 1.165) is 36.6 Å². The molecule has 1 aliphatic rings. The van der Waals surface area contributed by atoms with E-state index in [1.165, 1.54) is 0 Å². The van der Waals surface area contributed by atoms with Gasteiger partial charge in [0.05, 0.1) is 0 Å². The number of piperazine rings is 1. The summed E-state index contributed by atoms with van der Waals surface area (Å²) in [6.07, 6.45) is 3.10. The van der Waals surface area contributed by atoms with Crippen molar-refractivity contribution in [3.8, 4) is 0 Å². The summed E-state index contributed by atoms with van der Waals surface area (Å²) >= 11 is 0. The maximum atomic E-state index is 10.8. The third-order valence-corrected chi connectivity index (χ3v) is 2.65. The third kappa shape index (κ3) is 1.96. The van der Waals surface area contributed by atoms with Crippen LogP contribution < -0.4 is 9.63 Å². The van der Waals surface area contributed by atoms with Gasteiger partial charge in [0, 0.05) is 44.0 Å². The molecule has 0 radical (unpaired) electrons.